The summed E-state index contributed by atoms with van der Waals surface area (Å²) in [6.07, 6.45) is 0. The molecule has 1 N–H and O–H groups in total. The molecule has 5 heteroatoms. The standard InChI is InChI=1S/C19H21N3OS/c1-14(22-11-9-20-10-12-22)15-5-4-6-16(13-15)23-19-21-17-7-2-3-8-18(17)24-19/h2-8,13-14,20H,9-12H2,1H3. The SMILES string of the molecule is CC(c1cccc(Oc2nc3ccccc3s2)c1)N1CCNCC1. The molecule has 1 atom stereocenters. The number of piperazine rings is 1. The number of benzene rings is 2. The molecule has 1 saturated heterocycles. The van der Waals surface area contributed by atoms with E-state index in [0.717, 1.165) is 42.1 Å². The zero-order valence-electron chi connectivity index (χ0n) is 13.7. The third-order valence-electron chi connectivity index (χ3n) is 4.52. The molecule has 1 aromatic heterocycles. The van der Waals surface area contributed by atoms with E-state index in [-0.39, 0.29) is 0 Å². The molecular formula is C19H21N3OS. The van der Waals surface area contributed by atoms with Crippen LogP contribution in [-0.4, -0.2) is 36.1 Å². The number of rotatable bonds is 4. The molecule has 1 unspecified atom stereocenters. The van der Waals surface area contributed by atoms with Crippen LogP contribution in [0.5, 0.6) is 10.9 Å². The van der Waals surface area contributed by atoms with Crippen molar-refractivity contribution < 1.29 is 4.74 Å². The second-order valence-corrected chi connectivity index (χ2v) is 7.08. The van der Waals surface area contributed by atoms with E-state index in [2.05, 4.69) is 46.4 Å². The molecule has 2 heterocycles. The molecule has 0 bridgehead atoms. The van der Waals surface area contributed by atoms with Gasteiger partial charge in [0.15, 0.2) is 0 Å². The van der Waals surface area contributed by atoms with E-state index < -0.39 is 0 Å². The monoisotopic (exact) mass is 339 g/mol. The smallest absolute Gasteiger partial charge is 0.279 e. The first kappa shape index (κ1) is 15.6. The van der Waals surface area contributed by atoms with Crippen LogP contribution < -0.4 is 10.1 Å². The average molecular weight is 339 g/mol. The van der Waals surface area contributed by atoms with E-state index >= 15 is 0 Å². The predicted molar refractivity (Wildman–Crippen MR) is 99.0 cm³/mol. The Morgan fingerprint density at radius 1 is 1.12 bits per heavy atom. The van der Waals surface area contributed by atoms with Gasteiger partial charge in [-0.2, -0.15) is 0 Å². The summed E-state index contributed by atoms with van der Waals surface area (Å²) in [5.41, 5.74) is 2.28. The Kier molecular flexibility index (Phi) is 4.47. The second kappa shape index (κ2) is 6.89. The maximum absolute atomic E-state index is 6.02. The average Bonchev–Trinajstić information content (AvgIpc) is 3.04. The van der Waals surface area contributed by atoms with E-state index in [1.54, 1.807) is 11.3 Å². The van der Waals surface area contributed by atoms with Crippen molar-refractivity contribution >= 4 is 21.6 Å². The third-order valence-corrected chi connectivity index (χ3v) is 5.43. The fraction of sp³-hybridized carbons (Fsp3) is 0.316. The van der Waals surface area contributed by atoms with Gasteiger partial charge in [-0.15, -0.1) is 0 Å². The van der Waals surface area contributed by atoms with E-state index in [1.165, 1.54) is 5.56 Å². The molecule has 0 saturated carbocycles. The fourth-order valence-corrected chi connectivity index (χ4v) is 3.95. The Hall–Kier alpha value is -1.95. The molecule has 2 aromatic carbocycles. The largest absolute Gasteiger partial charge is 0.431 e. The summed E-state index contributed by atoms with van der Waals surface area (Å²) in [5, 5.41) is 4.10. The Morgan fingerprint density at radius 3 is 2.79 bits per heavy atom. The van der Waals surface area contributed by atoms with Gasteiger partial charge in [0, 0.05) is 32.2 Å². The van der Waals surface area contributed by atoms with Crippen LogP contribution in [0.15, 0.2) is 48.5 Å². The van der Waals surface area contributed by atoms with Gasteiger partial charge >= 0.3 is 0 Å². The lowest BCUT2D eigenvalue weighted by atomic mass is 10.1. The molecular weight excluding hydrogens is 318 g/mol. The molecule has 1 fully saturated rings. The molecule has 24 heavy (non-hydrogen) atoms. The maximum Gasteiger partial charge on any atom is 0.279 e. The molecule has 4 nitrogen and oxygen atoms in total. The normalized spacial score (nSPS) is 17.0. The molecule has 1 aliphatic heterocycles. The van der Waals surface area contributed by atoms with Crippen molar-refractivity contribution in [2.45, 2.75) is 13.0 Å². The summed E-state index contributed by atoms with van der Waals surface area (Å²) in [5.74, 6) is 0.855. The highest BCUT2D eigenvalue weighted by atomic mass is 32.1. The first-order chi connectivity index (χ1) is 11.8. The van der Waals surface area contributed by atoms with Gasteiger partial charge in [0.05, 0.1) is 10.2 Å². The van der Waals surface area contributed by atoms with Gasteiger partial charge < -0.3 is 10.1 Å². The number of hydrogen-bond acceptors (Lipinski definition) is 5. The number of aromatic nitrogens is 1. The summed E-state index contributed by atoms with van der Waals surface area (Å²) in [7, 11) is 0. The van der Waals surface area contributed by atoms with Crippen LogP contribution in [0, 0.1) is 0 Å². The number of nitrogens with one attached hydrogen (secondary N) is 1. The Morgan fingerprint density at radius 2 is 1.96 bits per heavy atom. The van der Waals surface area contributed by atoms with Crippen molar-refractivity contribution in [3.63, 3.8) is 0 Å². The summed E-state index contributed by atoms with van der Waals surface area (Å²) < 4.78 is 7.17. The Bertz CT molecular complexity index is 793. The van der Waals surface area contributed by atoms with Gasteiger partial charge in [-0.05, 0) is 36.8 Å². The number of thiazole rings is 1. The van der Waals surface area contributed by atoms with Crippen molar-refractivity contribution in [2.75, 3.05) is 26.2 Å². The molecule has 4 rings (SSSR count). The van der Waals surface area contributed by atoms with Crippen molar-refractivity contribution in [1.82, 2.24) is 15.2 Å². The van der Waals surface area contributed by atoms with E-state index in [4.69, 9.17) is 4.74 Å². The van der Waals surface area contributed by atoms with E-state index in [1.807, 2.05) is 24.3 Å². The molecule has 0 aliphatic carbocycles. The summed E-state index contributed by atoms with van der Waals surface area (Å²) in [6.45, 7) is 6.56. The number of ether oxygens (including phenoxy) is 1. The first-order valence-corrected chi connectivity index (χ1v) is 9.19. The third kappa shape index (κ3) is 3.29. The number of nitrogens with zero attached hydrogens (tertiary/aromatic N) is 2. The summed E-state index contributed by atoms with van der Waals surface area (Å²) >= 11 is 1.58. The van der Waals surface area contributed by atoms with Crippen LogP contribution in [0.2, 0.25) is 0 Å². The van der Waals surface area contributed by atoms with Crippen LogP contribution in [0.4, 0.5) is 0 Å². The van der Waals surface area contributed by atoms with Crippen LogP contribution in [0.25, 0.3) is 10.2 Å². The summed E-state index contributed by atoms with van der Waals surface area (Å²) in [6, 6.07) is 16.9. The molecule has 124 valence electrons. The van der Waals surface area contributed by atoms with Gasteiger partial charge in [-0.3, -0.25) is 4.90 Å². The highest BCUT2D eigenvalue weighted by Gasteiger charge is 2.18. The quantitative estimate of drug-likeness (QED) is 0.778. The van der Waals surface area contributed by atoms with Gasteiger partial charge in [0.25, 0.3) is 5.19 Å². The van der Waals surface area contributed by atoms with Crippen LogP contribution in [0.1, 0.15) is 18.5 Å². The maximum atomic E-state index is 6.02. The lowest BCUT2D eigenvalue weighted by Gasteiger charge is -2.33. The molecule has 1 aliphatic rings. The van der Waals surface area contributed by atoms with Crippen molar-refractivity contribution in [3.8, 4) is 10.9 Å². The molecule has 0 spiro atoms. The Labute approximate surface area is 146 Å². The van der Waals surface area contributed by atoms with Gasteiger partial charge in [0.2, 0.25) is 0 Å². The highest BCUT2D eigenvalue weighted by Crippen LogP contribution is 2.32. The van der Waals surface area contributed by atoms with Gasteiger partial charge in [-0.25, -0.2) is 4.98 Å². The molecule has 3 aromatic rings. The minimum absolute atomic E-state index is 0.394. The number of para-hydroxylation sites is 1. The minimum Gasteiger partial charge on any atom is -0.431 e. The topological polar surface area (TPSA) is 37.4 Å². The first-order valence-electron chi connectivity index (χ1n) is 8.38. The number of hydrogen-bond donors (Lipinski definition) is 1. The van der Waals surface area contributed by atoms with Gasteiger partial charge in [0.1, 0.15) is 5.75 Å². The van der Waals surface area contributed by atoms with E-state index in [0.29, 0.717) is 11.2 Å². The second-order valence-electron chi connectivity index (χ2n) is 6.08. The summed E-state index contributed by atoms with van der Waals surface area (Å²) in [4.78, 5) is 7.06. The minimum atomic E-state index is 0.394. The fourth-order valence-electron chi connectivity index (χ4n) is 3.11. The van der Waals surface area contributed by atoms with Crippen molar-refractivity contribution in [1.29, 1.82) is 0 Å². The molecule has 0 amide bonds. The van der Waals surface area contributed by atoms with Gasteiger partial charge in [-0.1, -0.05) is 35.6 Å². The predicted octanol–water partition coefficient (Wildman–Crippen LogP) is 4.05. The lowest BCUT2D eigenvalue weighted by Crippen LogP contribution is -2.44. The lowest BCUT2D eigenvalue weighted by molar-refractivity contribution is 0.185. The van der Waals surface area contributed by atoms with Crippen molar-refractivity contribution in [3.05, 3.63) is 54.1 Å². The zero-order chi connectivity index (χ0) is 16.4. The zero-order valence-corrected chi connectivity index (χ0v) is 14.6. The molecule has 0 radical (unpaired) electrons. The highest BCUT2D eigenvalue weighted by molar-refractivity contribution is 7.20. The Balaban J connectivity index is 1.53. The van der Waals surface area contributed by atoms with Crippen molar-refractivity contribution in [2.24, 2.45) is 0 Å². The van der Waals surface area contributed by atoms with Crippen LogP contribution in [0.3, 0.4) is 0 Å². The van der Waals surface area contributed by atoms with Crippen LogP contribution >= 0.6 is 11.3 Å². The van der Waals surface area contributed by atoms with E-state index in [9.17, 15) is 0 Å². The number of fused-ring (bicyclic) bond motifs is 1. The van der Waals surface area contributed by atoms with Crippen LogP contribution in [-0.2, 0) is 0 Å².